The maximum absolute atomic E-state index is 13.0. The molecule has 4 aromatic heterocycles. The standard InChI is InChI=1S/C14H10F3N7O/c1-6-8(9(18)10-11(19-6)23-25-22-10)5-7-3-2-4-24-12(7)20-21-13(24)14(15,16)17/h2-4H,5,18H2,1H3. The average Bonchev–Trinajstić information content (AvgIpc) is 3.17. The third kappa shape index (κ3) is 2.35. The molecule has 0 unspecified atom stereocenters. The molecule has 0 bridgehead atoms. The van der Waals surface area contributed by atoms with Gasteiger partial charge in [-0.15, -0.1) is 10.2 Å². The quantitative estimate of drug-likeness (QED) is 0.591. The van der Waals surface area contributed by atoms with Gasteiger partial charge in [0.15, 0.2) is 11.2 Å². The van der Waals surface area contributed by atoms with E-state index in [0.717, 1.165) is 4.40 Å². The van der Waals surface area contributed by atoms with Crippen LogP contribution in [0.4, 0.5) is 18.9 Å². The Labute approximate surface area is 137 Å². The summed E-state index contributed by atoms with van der Waals surface area (Å²) in [6.07, 6.45) is -3.12. The number of nitrogen functional groups attached to an aromatic ring is 1. The Kier molecular flexibility index (Phi) is 3.14. The van der Waals surface area contributed by atoms with Crippen molar-refractivity contribution in [2.45, 2.75) is 19.5 Å². The summed E-state index contributed by atoms with van der Waals surface area (Å²) in [4.78, 5) is 4.25. The third-order valence-electron chi connectivity index (χ3n) is 3.90. The zero-order valence-electron chi connectivity index (χ0n) is 12.7. The first-order chi connectivity index (χ1) is 11.9. The number of anilines is 1. The van der Waals surface area contributed by atoms with Crippen LogP contribution in [0.3, 0.4) is 0 Å². The van der Waals surface area contributed by atoms with Gasteiger partial charge in [-0.2, -0.15) is 13.2 Å². The van der Waals surface area contributed by atoms with Gasteiger partial charge in [0.2, 0.25) is 11.5 Å². The van der Waals surface area contributed by atoms with Crippen LogP contribution in [0.5, 0.6) is 0 Å². The molecule has 8 nitrogen and oxygen atoms in total. The zero-order chi connectivity index (χ0) is 17.8. The lowest BCUT2D eigenvalue weighted by molar-refractivity contribution is -0.145. The monoisotopic (exact) mass is 349 g/mol. The van der Waals surface area contributed by atoms with Gasteiger partial charge in [0, 0.05) is 29.4 Å². The molecule has 0 spiro atoms. The Hall–Kier alpha value is -3.24. The van der Waals surface area contributed by atoms with Gasteiger partial charge < -0.3 is 5.73 Å². The van der Waals surface area contributed by atoms with Crippen molar-refractivity contribution in [3.05, 3.63) is 41.0 Å². The molecule has 0 fully saturated rings. The van der Waals surface area contributed by atoms with E-state index < -0.39 is 12.0 Å². The number of nitrogens with two attached hydrogens (primary N) is 1. The molecule has 0 amide bonds. The molecule has 4 heterocycles. The molecule has 0 aliphatic rings. The Balaban J connectivity index is 1.86. The van der Waals surface area contributed by atoms with Crippen LogP contribution < -0.4 is 5.73 Å². The molecule has 0 atom stereocenters. The molecule has 0 radical (unpaired) electrons. The Morgan fingerprint density at radius 1 is 1.24 bits per heavy atom. The number of aromatic nitrogens is 6. The summed E-state index contributed by atoms with van der Waals surface area (Å²) < 4.78 is 44.5. The van der Waals surface area contributed by atoms with Crippen LogP contribution in [-0.4, -0.2) is 29.9 Å². The van der Waals surface area contributed by atoms with E-state index >= 15 is 0 Å². The van der Waals surface area contributed by atoms with Crippen LogP contribution >= 0.6 is 0 Å². The lowest BCUT2D eigenvalue weighted by Crippen LogP contribution is -2.11. The minimum Gasteiger partial charge on any atom is -0.396 e. The van der Waals surface area contributed by atoms with Crippen LogP contribution in [0, 0.1) is 6.92 Å². The molecular weight excluding hydrogens is 339 g/mol. The normalized spacial score (nSPS) is 12.3. The number of hydrogen-bond donors (Lipinski definition) is 1. The minimum atomic E-state index is -4.60. The molecule has 0 aromatic carbocycles. The van der Waals surface area contributed by atoms with Crippen molar-refractivity contribution in [1.29, 1.82) is 0 Å². The molecule has 128 valence electrons. The van der Waals surface area contributed by atoms with Gasteiger partial charge >= 0.3 is 6.18 Å². The average molecular weight is 349 g/mol. The van der Waals surface area contributed by atoms with E-state index in [1.807, 2.05) is 0 Å². The summed E-state index contributed by atoms with van der Waals surface area (Å²) in [5, 5.41) is 14.3. The van der Waals surface area contributed by atoms with Crippen molar-refractivity contribution in [2.24, 2.45) is 0 Å². The number of fused-ring (bicyclic) bond motifs is 2. The predicted octanol–water partition coefficient (Wildman–Crippen LogP) is 2.16. The molecule has 2 N–H and O–H groups in total. The second kappa shape index (κ2) is 5.13. The first-order valence-corrected chi connectivity index (χ1v) is 7.13. The third-order valence-corrected chi connectivity index (χ3v) is 3.90. The lowest BCUT2D eigenvalue weighted by Gasteiger charge is -2.10. The summed E-state index contributed by atoms with van der Waals surface area (Å²) in [5.74, 6) is -1.08. The summed E-state index contributed by atoms with van der Waals surface area (Å²) in [6.45, 7) is 1.73. The van der Waals surface area contributed by atoms with E-state index in [2.05, 4.69) is 30.1 Å². The minimum absolute atomic E-state index is 0.104. The molecular formula is C14H10F3N7O. The molecule has 0 aliphatic carbocycles. The van der Waals surface area contributed by atoms with E-state index in [9.17, 15) is 13.2 Å². The maximum Gasteiger partial charge on any atom is 0.452 e. The number of pyridine rings is 2. The topological polar surface area (TPSA) is 108 Å². The highest BCUT2D eigenvalue weighted by atomic mass is 19.4. The van der Waals surface area contributed by atoms with Crippen LogP contribution in [-0.2, 0) is 12.6 Å². The Morgan fingerprint density at radius 3 is 2.80 bits per heavy atom. The van der Waals surface area contributed by atoms with Crippen LogP contribution in [0.2, 0.25) is 0 Å². The zero-order valence-corrected chi connectivity index (χ0v) is 12.7. The molecule has 0 aliphatic heterocycles. The van der Waals surface area contributed by atoms with Gasteiger partial charge in [0.05, 0.1) is 5.69 Å². The van der Waals surface area contributed by atoms with Crippen LogP contribution in [0.25, 0.3) is 16.8 Å². The summed E-state index contributed by atoms with van der Waals surface area (Å²) in [7, 11) is 0. The van der Waals surface area contributed by atoms with Crippen molar-refractivity contribution in [1.82, 2.24) is 29.9 Å². The maximum atomic E-state index is 13.0. The number of hydrogen-bond acceptors (Lipinski definition) is 7. The highest BCUT2D eigenvalue weighted by molar-refractivity contribution is 5.85. The van der Waals surface area contributed by atoms with Crippen molar-refractivity contribution in [3.63, 3.8) is 0 Å². The molecule has 25 heavy (non-hydrogen) atoms. The molecule has 4 aromatic rings. The van der Waals surface area contributed by atoms with Crippen molar-refractivity contribution in [2.75, 3.05) is 5.73 Å². The highest BCUT2D eigenvalue weighted by Gasteiger charge is 2.37. The summed E-state index contributed by atoms with van der Waals surface area (Å²) in [5.41, 5.74) is 8.84. The van der Waals surface area contributed by atoms with E-state index in [1.54, 1.807) is 13.0 Å². The largest absolute Gasteiger partial charge is 0.452 e. The lowest BCUT2D eigenvalue weighted by atomic mass is 10.0. The fraction of sp³-hybridized carbons (Fsp3) is 0.214. The number of nitrogens with zero attached hydrogens (tertiary/aromatic N) is 6. The highest BCUT2D eigenvalue weighted by Crippen LogP contribution is 2.30. The summed E-state index contributed by atoms with van der Waals surface area (Å²) >= 11 is 0. The van der Waals surface area contributed by atoms with Gasteiger partial charge in [0.1, 0.15) is 0 Å². The number of alkyl halides is 3. The Bertz CT molecular complexity index is 1100. The van der Waals surface area contributed by atoms with Crippen molar-refractivity contribution < 1.29 is 17.8 Å². The second-order valence-electron chi connectivity index (χ2n) is 5.45. The van der Waals surface area contributed by atoms with E-state index in [0.29, 0.717) is 28.0 Å². The first kappa shape index (κ1) is 15.3. The predicted molar refractivity (Wildman–Crippen MR) is 79.5 cm³/mol. The van der Waals surface area contributed by atoms with Gasteiger partial charge in [-0.25, -0.2) is 9.61 Å². The fourth-order valence-electron chi connectivity index (χ4n) is 2.71. The number of aryl methyl sites for hydroxylation is 1. The van der Waals surface area contributed by atoms with Gasteiger partial charge in [0.25, 0.3) is 0 Å². The van der Waals surface area contributed by atoms with E-state index in [-0.39, 0.29) is 17.7 Å². The van der Waals surface area contributed by atoms with Crippen molar-refractivity contribution in [3.8, 4) is 0 Å². The number of halogens is 3. The van der Waals surface area contributed by atoms with E-state index in [4.69, 9.17) is 5.73 Å². The van der Waals surface area contributed by atoms with Gasteiger partial charge in [-0.3, -0.25) is 4.40 Å². The fourth-order valence-corrected chi connectivity index (χ4v) is 2.71. The first-order valence-electron chi connectivity index (χ1n) is 7.13. The molecule has 0 saturated heterocycles. The number of rotatable bonds is 2. The van der Waals surface area contributed by atoms with Crippen molar-refractivity contribution >= 4 is 22.5 Å². The van der Waals surface area contributed by atoms with Crippen LogP contribution in [0.1, 0.15) is 22.6 Å². The smallest absolute Gasteiger partial charge is 0.396 e. The summed E-state index contributed by atoms with van der Waals surface area (Å²) in [6, 6.07) is 3.16. The Morgan fingerprint density at radius 2 is 2.04 bits per heavy atom. The SMILES string of the molecule is Cc1nc2nonc2c(N)c1Cc1cccn2c(C(F)(F)F)nnc12. The molecule has 4 rings (SSSR count). The van der Waals surface area contributed by atoms with Gasteiger partial charge in [-0.05, 0) is 23.3 Å². The van der Waals surface area contributed by atoms with Gasteiger partial charge in [-0.1, -0.05) is 6.07 Å². The van der Waals surface area contributed by atoms with Crippen LogP contribution in [0.15, 0.2) is 23.0 Å². The molecule has 11 heteroatoms. The molecule has 0 saturated carbocycles. The van der Waals surface area contributed by atoms with E-state index in [1.165, 1.54) is 12.3 Å². The second-order valence-corrected chi connectivity index (χ2v) is 5.45.